The summed E-state index contributed by atoms with van der Waals surface area (Å²) < 4.78 is 5.67. The zero-order valence-electron chi connectivity index (χ0n) is 11.7. The first-order valence-electron chi connectivity index (χ1n) is 7.21. The van der Waals surface area contributed by atoms with Gasteiger partial charge in [-0.1, -0.05) is 0 Å². The van der Waals surface area contributed by atoms with E-state index in [0.717, 1.165) is 37.2 Å². The van der Waals surface area contributed by atoms with Crippen molar-refractivity contribution in [2.45, 2.75) is 45.1 Å². The van der Waals surface area contributed by atoms with Crippen molar-refractivity contribution in [3.8, 4) is 0 Å². The standard InChI is InChI=1S/C15H19NO3S/c1-9-13-11(17)3-2-4-12(13)19-14(9)15(18)16-10-5-7-20-8-6-10/h10H,2-8H2,1H3,(H,16,18). The maximum Gasteiger partial charge on any atom is 0.287 e. The molecule has 0 saturated carbocycles. The molecule has 108 valence electrons. The predicted molar refractivity (Wildman–Crippen MR) is 78.5 cm³/mol. The number of ketones is 1. The second kappa shape index (κ2) is 5.64. The molecular weight excluding hydrogens is 274 g/mol. The van der Waals surface area contributed by atoms with Crippen LogP contribution in [0.3, 0.4) is 0 Å². The highest BCUT2D eigenvalue weighted by molar-refractivity contribution is 7.99. The molecule has 0 bridgehead atoms. The third-order valence-corrected chi connectivity index (χ3v) is 5.12. The molecule has 1 N–H and O–H groups in total. The van der Waals surface area contributed by atoms with Crippen molar-refractivity contribution >= 4 is 23.5 Å². The summed E-state index contributed by atoms with van der Waals surface area (Å²) in [7, 11) is 0. The summed E-state index contributed by atoms with van der Waals surface area (Å²) >= 11 is 1.93. The normalized spacial score (nSPS) is 19.8. The van der Waals surface area contributed by atoms with Crippen molar-refractivity contribution in [3.05, 3.63) is 22.6 Å². The van der Waals surface area contributed by atoms with Gasteiger partial charge in [0.1, 0.15) is 5.76 Å². The molecular formula is C15H19NO3S. The van der Waals surface area contributed by atoms with Gasteiger partial charge in [-0.25, -0.2) is 0 Å². The van der Waals surface area contributed by atoms with Crippen LogP contribution >= 0.6 is 11.8 Å². The van der Waals surface area contributed by atoms with Gasteiger partial charge in [-0.3, -0.25) is 9.59 Å². The molecule has 0 radical (unpaired) electrons. The molecule has 2 heterocycles. The predicted octanol–water partition coefficient (Wildman–Crippen LogP) is 2.73. The van der Waals surface area contributed by atoms with Crippen LogP contribution in [0.1, 0.15) is 57.9 Å². The first-order chi connectivity index (χ1) is 9.66. The van der Waals surface area contributed by atoms with Gasteiger partial charge in [-0.15, -0.1) is 0 Å². The molecule has 0 spiro atoms. The molecule has 4 nitrogen and oxygen atoms in total. The molecule has 1 aromatic rings. The molecule has 1 amide bonds. The largest absolute Gasteiger partial charge is 0.455 e. The van der Waals surface area contributed by atoms with Crippen molar-refractivity contribution in [2.24, 2.45) is 0 Å². The van der Waals surface area contributed by atoms with Crippen molar-refractivity contribution in [3.63, 3.8) is 0 Å². The number of Topliss-reactive ketones (excluding diaryl/α,β-unsaturated/α-hetero) is 1. The number of nitrogens with one attached hydrogen (secondary N) is 1. The Morgan fingerprint density at radius 3 is 2.75 bits per heavy atom. The highest BCUT2D eigenvalue weighted by Gasteiger charge is 2.29. The van der Waals surface area contributed by atoms with Crippen molar-refractivity contribution in [1.29, 1.82) is 0 Å². The number of carbonyl (C=O) groups excluding carboxylic acids is 2. The number of thioether (sulfide) groups is 1. The van der Waals surface area contributed by atoms with Crippen LogP contribution < -0.4 is 5.32 Å². The Labute approximate surface area is 122 Å². The molecule has 2 aliphatic rings. The molecule has 1 aromatic heterocycles. The summed E-state index contributed by atoms with van der Waals surface area (Å²) in [6.45, 7) is 1.82. The summed E-state index contributed by atoms with van der Waals surface area (Å²) in [5.74, 6) is 3.17. The lowest BCUT2D eigenvalue weighted by Crippen LogP contribution is -2.37. The first-order valence-corrected chi connectivity index (χ1v) is 8.36. The Morgan fingerprint density at radius 2 is 2.05 bits per heavy atom. The fraction of sp³-hybridized carbons (Fsp3) is 0.600. The Balaban J connectivity index is 1.79. The molecule has 0 atom stereocenters. The van der Waals surface area contributed by atoms with E-state index in [-0.39, 0.29) is 17.7 Å². The molecule has 0 aromatic carbocycles. The Bertz CT molecular complexity index is 544. The van der Waals surface area contributed by atoms with Gasteiger partial charge in [-0.2, -0.15) is 11.8 Å². The maximum absolute atomic E-state index is 12.3. The Kier molecular flexibility index (Phi) is 3.87. The highest BCUT2D eigenvalue weighted by atomic mass is 32.2. The topological polar surface area (TPSA) is 59.3 Å². The van der Waals surface area contributed by atoms with Gasteiger partial charge in [0.15, 0.2) is 11.5 Å². The monoisotopic (exact) mass is 293 g/mol. The van der Waals surface area contributed by atoms with Gasteiger partial charge in [-0.05, 0) is 37.7 Å². The zero-order valence-corrected chi connectivity index (χ0v) is 12.5. The number of rotatable bonds is 2. The van der Waals surface area contributed by atoms with Gasteiger partial charge in [0.25, 0.3) is 5.91 Å². The lowest BCUT2D eigenvalue weighted by atomic mass is 9.94. The lowest BCUT2D eigenvalue weighted by molar-refractivity contribution is 0.0901. The molecule has 5 heteroatoms. The van der Waals surface area contributed by atoms with E-state index >= 15 is 0 Å². The van der Waals surface area contributed by atoms with E-state index in [1.807, 2.05) is 18.7 Å². The second-order valence-corrected chi connectivity index (χ2v) is 6.72. The van der Waals surface area contributed by atoms with Gasteiger partial charge >= 0.3 is 0 Å². The van der Waals surface area contributed by atoms with Crippen LogP contribution in [0.5, 0.6) is 0 Å². The second-order valence-electron chi connectivity index (χ2n) is 5.49. The maximum atomic E-state index is 12.3. The van der Waals surface area contributed by atoms with Crippen molar-refractivity contribution in [2.75, 3.05) is 11.5 Å². The van der Waals surface area contributed by atoms with Gasteiger partial charge < -0.3 is 9.73 Å². The number of carbonyl (C=O) groups is 2. The van der Waals surface area contributed by atoms with Crippen LogP contribution in [0.4, 0.5) is 0 Å². The van der Waals surface area contributed by atoms with E-state index in [4.69, 9.17) is 4.42 Å². The molecule has 20 heavy (non-hydrogen) atoms. The minimum atomic E-state index is -0.165. The highest BCUT2D eigenvalue weighted by Crippen LogP contribution is 2.29. The summed E-state index contributed by atoms with van der Waals surface area (Å²) in [5, 5.41) is 3.04. The van der Waals surface area contributed by atoms with E-state index in [1.54, 1.807) is 0 Å². The molecule has 1 saturated heterocycles. The van der Waals surface area contributed by atoms with Gasteiger partial charge in [0.2, 0.25) is 0 Å². The first kappa shape index (κ1) is 13.7. The van der Waals surface area contributed by atoms with E-state index in [2.05, 4.69) is 5.32 Å². The van der Waals surface area contributed by atoms with Crippen LogP contribution in [0.25, 0.3) is 0 Å². The van der Waals surface area contributed by atoms with E-state index in [1.165, 1.54) is 0 Å². The molecule has 1 aliphatic heterocycles. The molecule has 1 aliphatic carbocycles. The number of fused-ring (bicyclic) bond motifs is 1. The summed E-state index contributed by atoms with van der Waals surface area (Å²) in [5.41, 5.74) is 1.37. The minimum Gasteiger partial charge on any atom is -0.455 e. The van der Waals surface area contributed by atoms with Crippen LogP contribution in [0.2, 0.25) is 0 Å². The number of amides is 1. The summed E-state index contributed by atoms with van der Waals surface area (Å²) in [4.78, 5) is 24.3. The van der Waals surface area contributed by atoms with Crippen LogP contribution in [-0.4, -0.2) is 29.2 Å². The quantitative estimate of drug-likeness (QED) is 0.911. The van der Waals surface area contributed by atoms with Gasteiger partial charge in [0, 0.05) is 24.4 Å². The van der Waals surface area contributed by atoms with E-state index in [0.29, 0.717) is 29.1 Å². The Hall–Kier alpha value is -1.23. The van der Waals surface area contributed by atoms with Crippen LogP contribution in [0.15, 0.2) is 4.42 Å². The third kappa shape index (κ3) is 2.51. The average Bonchev–Trinajstić information content (AvgIpc) is 2.79. The Morgan fingerprint density at radius 1 is 1.30 bits per heavy atom. The third-order valence-electron chi connectivity index (χ3n) is 4.07. The fourth-order valence-corrected chi connectivity index (χ4v) is 4.06. The fourth-order valence-electron chi connectivity index (χ4n) is 2.96. The zero-order chi connectivity index (χ0) is 14.1. The van der Waals surface area contributed by atoms with E-state index in [9.17, 15) is 9.59 Å². The molecule has 3 rings (SSSR count). The number of hydrogen-bond acceptors (Lipinski definition) is 4. The van der Waals surface area contributed by atoms with E-state index < -0.39 is 0 Å². The molecule has 0 unspecified atom stereocenters. The molecule has 1 fully saturated rings. The van der Waals surface area contributed by atoms with Gasteiger partial charge in [0.05, 0.1) is 5.56 Å². The number of furan rings is 1. The number of hydrogen-bond donors (Lipinski definition) is 1. The summed E-state index contributed by atoms with van der Waals surface area (Å²) in [6.07, 6.45) is 4.16. The lowest BCUT2D eigenvalue weighted by Gasteiger charge is -2.22. The summed E-state index contributed by atoms with van der Waals surface area (Å²) in [6, 6.07) is 0.237. The average molecular weight is 293 g/mol. The SMILES string of the molecule is Cc1c(C(=O)NC2CCSCC2)oc2c1C(=O)CCC2. The van der Waals surface area contributed by atoms with Crippen molar-refractivity contribution < 1.29 is 14.0 Å². The smallest absolute Gasteiger partial charge is 0.287 e. The van der Waals surface area contributed by atoms with Crippen molar-refractivity contribution in [1.82, 2.24) is 5.32 Å². The number of aryl methyl sites for hydroxylation is 1. The minimum absolute atomic E-state index is 0.112. The van der Waals surface area contributed by atoms with Crippen LogP contribution in [0, 0.1) is 6.92 Å². The van der Waals surface area contributed by atoms with Crippen LogP contribution in [-0.2, 0) is 6.42 Å².